The van der Waals surface area contributed by atoms with Gasteiger partial charge in [0.2, 0.25) is 0 Å². The molecule has 0 unspecified atom stereocenters. The Hall–Kier alpha value is -2.77. The summed E-state index contributed by atoms with van der Waals surface area (Å²) in [6, 6.07) is 19.6. The lowest BCUT2D eigenvalue weighted by atomic mass is 9.55. The van der Waals surface area contributed by atoms with Crippen molar-refractivity contribution < 1.29 is 14.7 Å². The van der Waals surface area contributed by atoms with Crippen molar-refractivity contribution in [1.29, 1.82) is 0 Å². The Morgan fingerprint density at radius 1 is 0.781 bits per heavy atom. The molecule has 1 aliphatic heterocycles. The van der Waals surface area contributed by atoms with E-state index in [2.05, 4.69) is 61.2 Å². The Bertz CT molecular complexity index is 1210. The number of amides is 2. The zero-order valence-corrected chi connectivity index (χ0v) is 19.7. The van der Waals surface area contributed by atoms with Crippen LogP contribution < -0.4 is 0 Å². The van der Waals surface area contributed by atoms with Crippen LogP contribution >= 0.6 is 31.9 Å². The van der Waals surface area contributed by atoms with E-state index in [-0.39, 0.29) is 29.4 Å². The van der Waals surface area contributed by atoms with E-state index in [0.717, 1.165) is 27.3 Å². The average molecular weight is 552 g/mol. The number of hydrogen-bond donors (Lipinski definition) is 1. The van der Waals surface area contributed by atoms with Crippen molar-refractivity contribution in [3.63, 3.8) is 0 Å². The SMILES string of the molecule is O=C1[C@@H]2C3c4ccccc4C(c4ccccc43)[C@@H]2C(=O)N1/N=C\c1cc(Br)c(O)c(Br)c1. The van der Waals surface area contributed by atoms with Crippen LogP contribution in [0.2, 0.25) is 0 Å². The van der Waals surface area contributed by atoms with Crippen LogP contribution in [0.15, 0.2) is 74.7 Å². The summed E-state index contributed by atoms with van der Waals surface area (Å²) in [5.74, 6) is -1.63. The lowest BCUT2D eigenvalue weighted by Gasteiger charge is -2.45. The largest absolute Gasteiger partial charge is 0.506 e. The predicted octanol–water partition coefficient (Wildman–Crippen LogP) is 5.14. The molecular weight excluding hydrogens is 536 g/mol. The lowest BCUT2D eigenvalue weighted by Crippen LogP contribution is -2.41. The molecule has 3 aromatic rings. The smallest absolute Gasteiger partial charge is 0.254 e. The molecule has 5 nitrogen and oxygen atoms in total. The van der Waals surface area contributed by atoms with Crippen LogP contribution in [0, 0.1) is 11.8 Å². The summed E-state index contributed by atoms with van der Waals surface area (Å²) in [7, 11) is 0. The van der Waals surface area contributed by atoms with Crippen LogP contribution in [0.1, 0.15) is 39.7 Å². The van der Waals surface area contributed by atoms with E-state index in [1.54, 1.807) is 12.1 Å². The zero-order chi connectivity index (χ0) is 22.1. The molecule has 0 radical (unpaired) electrons. The van der Waals surface area contributed by atoms with Gasteiger partial charge in [0.1, 0.15) is 5.75 Å². The maximum Gasteiger partial charge on any atom is 0.254 e. The van der Waals surface area contributed by atoms with Crippen molar-refractivity contribution in [3.8, 4) is 5.75 Å². The van der Waals surface area contributed by atoms with Crippen LogP contribution in [0.3, 0.4) is 0 Å². The molecule has 2 bridgehead atoms. The standard InChI is InChI=1S/C25H16Br2N2O3/c26-17-9-12(10-18(27)23(17)30)11-28-29-24(31)21-19-13-5-1-2-6-14(13)20(22(21)25(29)32)16-8-4-3-7-15(16)19/h1-11,19-22,30H/b28-11-/t19?,20?,21-,22+. The van der Waals surface area contributed by atoms with E-state index in [4.69, 9.17) is 0 Å². The maximum atomic E-state index is 13.5. The Balaban J connectivity index is 1.43. The fraction of sp³-hybridized carbons (Fsp3) is 0.160. The molecule has 2 amide bonds. The number of hydrogen-bond acceptors (Lipinski definition) is 4. The topological polar surface area (TPSA) is 70.0 Å². The number of phenols is 1. The average Bonchev–Trinajstić information content (AvgIpc) is 3.06. The number of halogens is 2. The maximum absolute atomic E-state index is 13.5. The second-order valence-electron chi connectivity index (χ2n) is 8.33. The summed E-state index contributed by atoms with van der Waals surface area (Å²) in [4.78, 5) is 27.0. The number of imide groups is 1. The summed E-state index contributed by atoms with van der Waals surface area (Å²) in [6.45, 7) is 0. The molecule has 158 valence electrons. The highest BCUT2D eigenvalue weighted by molar-refractivity contribution is 9.11. The first-order valence-electron chi connectivity index (χ1n) is 10.2. The Kier molecular flexibility index (Phi) is 4.42. The van der Waals surface area contributed by atoms with Gasteiger partial charge in [0.15, 0.2) is 0 Å². The van der Waals surface area contributed by atoms with Gasteiger partial charge in [-0.25, -0.2) is 0 Å². The first-order valence-corrected chi connectivity index (χ1v) is 11.8. The van der Waals surface area contributed by atoms with Gasteiger partial charge in [0.25, 0.3) is 11.8 Å². The third-order valence-corrected chi connectivity index (χ3v) is 8.00. The normalized spacial score (nSPS) is 25.2. The molecule has 3 aromatic carbocycles. The van der Waals surface area contributed by atoms with Crippen LogP contribution in [-0.2, 0) is 9.59 Å². The molecule has 0 saturated carbocycles. The zero-order valence-electron chi connectivity index (χ0n) is 16.6. The number of nitrogens with zero attached hydrogens (tertiary/aromatic N) is 2. The molecule has 1 N–H and O–H groups in total. The number of hydrazone groups is 1. The number of aromatic hydroxyl groups is 1. The van der Waals surface area contributed by atoms with Gasteiger partial charge in [-0.3, -0.25) is 9.59 Å². The van der Waals surface area contributed by atoms with Gasteiger partial charge in [-0.15, -0.1) is 0 Å². The second-order valence-corrected chi connectivity index (χ2v) is 10.0. The fourth-order valence-corrected chi connectivity index (χ4v) is 6.78. The molecule has 0 aromatic heterocycles. The van der Waals surface area contributed by atoms with E-state index >= 15 is 0 Å². The molecule has 1 heterocycles. The van der Waals surface area contributed by atoms with Gasteiger partial charge >= 0.3 is 0 Å². The van der Waals surface area contributed by atoms with Crippen LogP contribution in [-0.4, -0.2) is 28.1 Å². The Labute approximate surface area is 201 Å². The van der Waals surface area contributed by atoms with E-state index in [9.17, 15) is 14.7 Å². The third kappa shape index (κ3) is 2.64. The summed E-state index contributed by atoms with van der Waals surface area (Å²) in [5.41, 5.74) is 5.19. The van der Waals surface area contributed by atoms with Crippen molar-refractivity contribution in [1.82, 2.24) is 5.01 Å². The van der Waals surface area contributed by atoms with Gasteiger partial charge in [-0.1, -0.05) is 48.5 Å². The van der Waals surface area contributed by atoms with E-state index in [0.29, 0.717) is 14.5 Å². The lowest BCUT2D eigenvalue weighted by molar-refractivity contribution is -0.139. The molecular formula is C25H16Br2N2O3. The minimum absolute atomic E-state index is 0.0774. The number of carbonyl (C=O) groups is 2. The van der Waals surface area contributed by atoms with Crippen LogP contribution in [0.5, 0.6) is 5.75 Å². The predicted molar refractivity (Wildman–Crippen MR) is 127 cm³/mol. The second kappa shape index (κ2) is 7.12. The number of phenolic OH excluding ortho intramolecular Hbond substituents is 1. The van der Waals surface area contributed by atoms with E-state index in [1.807, 2.05) is 24.3 Å². The number of benzene rings is 3. The van der Waals surface area contributed by atoms with Crippen molar-refractivity contribution in [3.05, 3.63) is 97.4 Å². The minimum atomic E-state index is -0.451. The minimum Gasteiger partial charge on any atom is -0.506 e. The molecule has 3 aliphatic carbocycles. The molecule has 2 atom stereocenters. The molecule has 0 spiro atoms. The number of rotatable bonds is 2. The fourth-order valence-electron chi connectivity index (χ4n) is 5.56. The summed E-state index contributed by atoms with van der Waals surface area (Å²) >= 11 is 6.58. The van der Waals surface area contributed by atoms with Crippen LogP contribution in [0.4, 0.5) is 0 Å². The summed E-state index contributed by atoms with van der Waals surface area (Å²) in [5, 5.41) is 15.3. The Morgan fingerprint density at radius 2 is 1.19 bits per heavy atom. The molecule has 32 heavy (non-hydrogen) atoms. The third-order valence-electron chi connectivity index (χ3n) is 6.79. The van der Waals surface area contributed by atoms with Crippen molar-refractivity contribution in [2.75, 3.05) is 0 Å². The van der Waals surface area contributed by atoms with Crippen LogP contribution in [0.25, 0.3) is 0 Å². The molecule has 4 aliphatic rings. The van der Waals surface area contributed by atoms with Gasteiger partial charge < -0.3 is 5.11 Å². The van der Waals surface area contributed by atoms with Crippen molar-refractivity contribution in [2.45, 2.75) is 11.8 Å². The van der Waals surface area contributed by atoms with Gasteiger partial charge in [0, 0.05) is 11.8 Å². The first-order chi connectivity index (χ1) is 15.5. The summed E-state index contributed by atoms with van der Waals surface area (Å²) < 4.78 is 0.982. The number of carbonyl (C=O) groups excluding carboxylic acids is 2. The summed E-state index contributed by atoms with van der Waals surface area (Å²) in [6.07, 6.45) is 1.48. The highest BCUT2D eigenvalue weighted by Crippen LogP contribution is 2.60. The molecule has 7 rings (SSSR count). The van der Waals surface area contributed by atoms with E-state index < -0.39 is 11.8 Å². The highest BCUT2D eigenvalue weighted by Gasteiger charge is 2.61. The van der Waals surface area contributed by atoms with Gasteiger partial charge in [-0.05, 0) is 71.8 Å². The Morgan fingerprint density at radius 3 is 1.59 bits per heavy atom. The first kappa shape index (κ1) is 19.9. The molecule has 7 heteroatoms. The van der Waals surface area contributed by atoms with Gasteiger partial charge in [0.05, 0.1) is 27.0 Å². The van der Waals surface area contributed by atoms with Crippen molar-refractivity contribution in [2.24, 2.45) is 16.9 Å². The van der Waals surface area contributed by atoms with Crippen molar-refractivity contribution >= 4 is 49.9 Å². The molecule has 1 fully saturated rings. The van der Waals surface area contributed by atoms with E-state index in [1.165, 1.54) is 6.21 Å². The molecule has 1 saturated heterocycles. The quantitative estimate of drug-likeness (QED) is 0.354. The monoisotopic (exact) mass is 550 g/mol. The van der Waals surface area contributed by atoms with Gasteiger partial charge in [-0.2, -0.15) is 10.1 Å². The highest BCUT2D eigenvalue weighted by atomic mass is 79.9.